The van der Waals surface area contributed by atoms with Gasteiger partial charge in [-0.15, -0.1) is 11.3 Å². The molecule has 6 heteroatoms. The topological polar surface area (TPSA) is 56.1 Å². The van der Waals surface area contributed by atoms with Gasteiger partial charge in [0.2, 0.25) is 0 Å². The van der Waals surface area contributed by atoms with E-state index >= 15 is 0 Å². The molecule has 0 radical (unpaired) electrons. The number of aromatic nitrogens is 2. The largest absolute Gasteiger partial charge is 0.492 e. The van der Waals surface area contributed by atoms with E-state index < -0.39 is 0 Å². The maximum Gasteiger partial charge on any atom is 0.265 e. The average molecular weight is 406 g/mol. The van der Waals surface area contributed by atoms with Crippen molar-refractivity contribution in [2.75, 3.05) is 11.9 Å². The molecule has 148 valence electrons. The molecule has 4 aromatic rings. The summed E-state index contributed by atoms with van der Waals surface area (Å²) in [6.07, 6.45) is 0. The molecule has 0 saturated heterocycles. The van der Waals surface area contributed by atoms with Crippen molar-refractivity contribution < 1.29 is 9.53 Å². The minimum Gasteiger partial charge on any atom is -0.492 e. The van der Waals surface area contributed by atoms with E-state index in [1.54, 1.807) is 0 Å². The van der Waals surface area contributed by atoms with Gasteiger partial charge in [-0.25, -0.2) is 0 Å². The van der Waals surface area contributed by atoms with Crippen LogP contribution in [-0.2, 0) is 6.54 Å². The second kappa shape index (κ2) is 8.09. The molecule has 0 atom stereocenters. The van der Waals surface area contributed by atoms with Crippen LogP contribution in [0.1, 0.15) is 33.4 Å². The number of rotatable bonds is 6. The lowest BCUT2D eigenvalue weighted by atomic mass is 10.1. The van der Waals surface area contributed by atoms with Crippen LogP contribution in [0.3, 0.4) is 0 Å². The molecular formula is C23H23N3O2S. The van der Waals surface area contributed by atoms with Gasteiger partial charge in [0.15, 0.2) is 0 Å². The molecule has 29 heavy (non-hydrogen) atoms. The molecule has 2 heterocycles. The van der Waals surface area contributed by atoms with Crippen molar-refractivity contribution in [3.8, 4) is 5.75 Å². The Labute approximate surface area is 173 Å². The Morgan fingerprint density at radius 3 is 2.66 bits per heavy atom. The lowest BCUT2D eigenvalue weighted by Gasteiger charge is -2.10. The standard InChI is InChI=1S/C23H23N3O2S/c1-4-28-20-8-6-5-7-19(20)24-22(27)21-13-18-16(3)25-26(23(18)29-21)14-17-11-9-15(2)10-12-17/h5-13H,4,14H2,1-3H3,(H,24,27). The van der Waals surface area contributed by atoms with Crippen molar-refractivity contribution in [1.29, 1.82) is 0 Å². The van der Waals surface area contributed by atoms with Crippen molar-refractivity contribution in [2.45, 2.75) is 27.3 Å². The van der Waals surface area contributed by atoms with Crippen LogP contribution in [0, 0.1) is 13.8 Å². The van der Waals surface area contributed by atoms with Crippen molar-refractivity contribution in [3.05, 3.63) is 76.3 Å². The Hall–Kier alpha value is -3.12. The number of thiophene rings is 1. The summed E-state index contributed by atoms with van der Waals surface area (Å²) in [4.78, 5) is 14.5. The third-order valence-corrected chi connectivity index (χ3v) is 5.87. The Morgan fingerprint density at radius 1 is 1.14 bits per heavy atom. The van der Waals surface area contributed by atoms with Gasteiger partial charge in [0.1, 0.15) is 10.6 Å². The van der Waals surface area contributed by atoms with Gasteiger partial charge in [-0.2, -0.15) is 5.10 Å². The zero-order valence-corrected chi connectivity index (χ0v) is 17.5. The number of aryl methyl sites for hydroxylation is 2. The van der Waals surface area contributed by atoms with Crippen LogP contribution in [0.4, 0.5) is 5.69 Å². The fourth-order valence-electron chi connectivity index (χ4n) is 3.23. The van der Waals surface area contributed by atoms with Crippen LogP contribution >= 0.6 is 11.3 Å². The maximum atomic E-state index is 12.9. The number of nitrogens with zero attached hydrogens (tertiary/aromatic N) is 2. The molecule has 1 amide bonds. The summed E-state index contributed by atoms with van der Waals surface area (Å²) in [7, 11) is 0. The molecule has 2 aromatic heterocycles. The van der Waals surface area contributed by atoms with E-state index in [4.69, 9.17) is 4.74 Å². The zero-order valence-electron chi connectivity index (χ0n) is 16.7. The van der Waals surface area contributed by atoms with Crippen molar-refractivity contribution in [2.24, 2.45) is 0 Å². The normalized spacial score (nSPS) is 11.0. The highest BCUT2D eigenvalue weighted by atomic mass is 32.1. The number of carbonyl (C=O) groups is 1. The third kappa shape index (κ3) is 4.03. The highest BCUT2D eigenvalue weighted by Crippen LogP contribution is 2.31. The smallest absolute Gasteiger partial charge is 0.265 e. The summed E-state index contributed by atoms with van der Waals surface area (Å²) < 4.78 is 7.58. The molecule has 1 N–H and O–H groups in total. The SMILES string of the molecule is CCOc1ccccc1NC(=O)c1cc2c(C)nn(Cc3ccc(C)cc3)c2s1. The fraction of sp³-hybridized carbons (Fsp3) is 0.217. The highest BCUT2D eigenvalue weighted by molar-refractivity contribution is 7.20. The zero-order chi connectivity index (χ0) is 20.4. The molecule has 0 fully saturated rings. The first kappa shape index (κ1) is 19.2. The molecule has 4 rings (SSSR count). The molecule has 5 nitrogen and oxygen atoms in total. The third-order valence-electron chi connectivity index (χ3n) is 4.72. The van der Waals surface area contributed by atoms with Gasteiger partial charge in [-0.3, -0.25) is 9.48 Å². The Bertz CT molecular complexity index is 1160. The number of amides is 1. The van der Waals surface area contributed by atoms with Crippen LogP contribution < -0.4 is 10.1 Å². The highest BCUT2D eigenvalue weighted by Gasteiger charge is 2.17. The summed E-state index contributed by atoms with van der Waals surface area (Å²) in [5, 5.41) is 8.66. The summed E-state index contributed by atoms with van der Waals surface area (Å²) in [6, 6.07) is 17.8. The number of hydrogen-bond acceptors (Lipinski definition) is 4. The monoisotopic (exact) mass is 405 g/mol. The van der Waals surface area contributed by atoms with Crippen LogP contribution in [-0.4, -0.2) is 22.3 Å². The van der Waals surface area contributed by atoms with E-state index in [0.717, 1.165) is 15.9 Å². The van der Waals surface area contributed by atoms with Crippen LogP contribution in [0.25, 0.3) is 10.2 Å². The Kier molecular flexibility index (Phi) is 5.36. The van der Waals surface area contributed by atoms with Crippen molar-refractivity contribution in [1.82, 2.24) is 9.78 Å². The molecule has 0 bridgehead atoms. The van der Waals surface area contributed by atoms with Gasteiger partial charge in [-0.1, -0.05) is 42.0 Å². The predicted molar refractivity (Wildman–Crippen MR) is 118 cm³/mol. The molecular weight excluding hydrogens is 382 g/mol. The second-order valence-electron chi connectivity index (χ2n) is 6.94. The summed E-state index contributed by atoms with van der Waals surface area (Å²) in [5.41, 5.74) is 4.02. The van der Waals surface area contributed by atoms with Gasteiger partial charge in [0, 0.05) is 5.39 Å². The number of hydrogen-bond donors (Lipinski definition) is 1. The van der Waals surface area contributed by atoms with Crippen LogP contribution in [0.15, 0.2) is 54.6 Å². The molecule has 0 saturated carbocycles. The maximum absolute atomic E-state index is 12.9. The van der Waals surface area contributed by atoms with E-state index in [1.807, 2.05) is 48.9 Å². The van der Waals surface area contributed by atoms with Gasteiger partial charge >= 0.3 is 0 Å². The number of ether oxygens (including phenoxy) is 1. The first-order chi connectivity index (χ1) is 14.0. The van der Waals surface area contributed by atoms with Gasteiger partial charge in [-0.05, 0) is 44.5 Å². The lowest BCUT2D eigenvalue weighted by molar-refractivity contribution is 0.103. The lowest BCUT2D eigenvalue weighted by Crippen LogP contribution is -2.11. The Balaban J connectivity index is 1.60. The number of fused-ring (bicyclic) bond motifs is 1. The van der Waals surface area contributed by atoms with Gasteiger partial charge in [0.25, 0.3) is 5.91 Å². The van der Waals surface area contributed by atoms with Crippen LogP contribution in [0.5, 0.6) is 5.75 Å². The Morgan fingerprint density at radius 2 is 1.90 bits per heavy atom. The number of anilines is 1. The number of benzene rings is 2. The molecule has 0 aliphatic heterocycles. The second-order valence-corrected chi connectivity index (χ2v) is 7.97. The van der Waals surface area contributed by atoms with Crippen molar-refractivity contribution >= 4 is 33.1 Å². The quantitative estimate of drug-likeness (QED) is 0.466. The van der Waals surface area contributed by atoms with E-state index in [1.165, 1.54) is 22.5 Å². The van der Waals surface area contributed by atoms with E-state index in [2.05, 4.69) is 41.6 Å². The van der Waals surface area contributed by atoms with Gasteiger partial charge in [0.05, 0.1) is 29.4 Å². The summed E-state index contributed by atoms with van der Waals surface area (Å²) in [6.45, 7) is 7.21. The van der Waals surface area contributed by atoms with E-state index in [9.17, 15) is 4.79 Å². The average Bonchev–Trinajstić information content (AvgIpc) is 3.27. The summed E-state index contributed by atoms with van der Waals surface area (Å²) in [5.74, 6) is 0.533. The van der Waals surface area contributed by atoms with Crippen molar-refractivity contribution in [3.63, 3.8) is 0 Å². The predicted octanol–water partition coefficient (Wildman–Crippen LogP) is 5.41. The number of para-hydroxylation sites is 2. The summed E-state index contributed by atoms with van der Waals surface area (Å²) >= 11 is 1.46. The number of nitrogens with one attached hydrogen (secondary N) is 1. The molecule has 0 spiro atoms. The number of carbonyl (C=O) groups excluding carboxylic acids is 1. The fourth-order valence-corrected chi connectivity index (χ4v) is 4.29. The molecule has 0 unspecified atom stereocenters. The van der Waals surface area contributed by atoms with Gasteiger partial charge < -0.3 is 10.1 Å². The molecule has 2 aromatic carbocycles. The van der Waals surface area contributed by atoms with Crippen LogP contribution in [0.2, 0.25) is 0 Å². The molecule has 0 aliphatic rings. The first-order valence-electron chi connectivity index (χ1n) is 9.61. The minimum atomic E-state index is -0.139. The first-order valence-corrected chi connectivity index (χ1v) is 10.4. The molecule has 0 aliphatic carbocycles. The van der Waals surface area contributed by atoms with E-state index in [0.29, 0.717) is 29.5 Å². The van der Waals surface area contributed by atoms with E-state index in [-0.39, 0.29) is 5.91 Å². The minimum absolute atomic E-state index is 0.139.